The number of carboxylic acids is 1. The van der Waals surface area contributed by atoms with E-state index < -0.39 is 16.0 Å². The number of sulfonamides is 1. The monoisotopic (exact) mass is 345 g/mol. The fourth-order valence-electron chi connectivity index (χ4n) is 2.74. The second kappa shape index (κ2) is 7.41. The number of hydrogen-bond donors (Lipinski definition) is 2. The van der Waals surface area contributed by atoms with E-state index in [4.69, 9.17) is 9.84 Å². The minimum Gasteiger partial charge on any atom is -0.476 e. The van der Waals surface area contributed by atoms with Crippen molar-refractivity contribution in [2.24, 2.45) is 0 Å². The lowest BCUT2D eigenvalue weighted by Gasteiger charge is -2.31. The van der Waals surface area contributed by atoms with Crippen LogP contribution >= 0.6 is 0 Å². The molecule has 1 fully saturated rings. The Morgan fingerprint density at radius 2 is 2.26 bits per heavy atom. The number of carboxylic acid groups (broad SMARTS) is 1. The summed E-state index contributed by atoms with van der Waals surface area (Å²) in [5.74, 6) is -0.686. The van der Waals surface area contributed by atoms with Gasteiger partial charge in [0.1, 0.15) is 5.82 Å². The number of hydrogen-bond acceptors (Lipinski definition) is 5. The Kier molecular flexibility index (Phi) is 5.77. The number of aryl methyl sites for hydroxylation is 1. The number of ether oxygens (including phenoxy) is 1. The van der Waals surface area contributed by atoms with Crippen molar-refractivity contribution in [2.45, 2.75) is 32.6 Å². The molecule has 0 saturated carbocycles. The lowest BCUT2D eigenvalue weighted by atomic mass is 9.99. The van der Waals surface area contributed by atoms with Crippen LogP contribution in [-0.2, 0) is 14.8 Å². The first-order chi connectivity index (χ1) is 10.8. The number of carbonyl (C=O) groups is 1. The first-order valence-corrected chi connectivity index (χ1v) is 9.31. The number of H-pyrrole nitrogens is 1. The molecule has 130 valence electrons. The molecule has 0 aromatic carbocycles. The summed E-state index contributed by atoms with van der Waals surface area (Å²) in [5, 5.41) is 9.08. The van der Waals surface area contributed by atoms with Gasteiger partial charge < -0.3 is 14.8 Å². The van der Waals surface area contributed by atoms with Gasteiger partial charge in [0.2, 0.25) is 10.0 Å². The van der Waals surface area contributed by atoms with Gasteiger partial charge in [0.05, 0.1) is 12.4 Å². The molecule has 1 aromatic heterocycles. The molecule has 2 rings (SSSR count). The quantitative estimate of drug-likeness (QED) is 0.712. The normalized spacial score (nSPS) is 19.8. The Hall–Kier alpha value is -1.45. The number of nitrogens with zero attached hydrogens (tertiary/aromatic N) is 2. The average molecular weight is 345 g/mol. The molecular formula is C14H23N3O5S. The van der Waals surface area contributed by atoms with E-state index in [0.717, 1.165) is 12.8 Å². The van der Waals surface area contributed by atoms with E-state index in [9.17, 15) is 13.2 Å². The van der Waals surface area contributed by atoms with Gasteiger partial charge in [0.15, 0.2) is 5.69 Å². The van der Waals surface area contributed by atoms with E-state index in [-0.39, 0.29) is 24.0 Å². The molecule has 0 bridgehead atoms. The summed E-state index contributed by atoms with van der Waals surface area (Å²) in [6.07, 6.45) is 1.50. The third-order valence-electron chi connectivity index (χ3n) is 3.96. The van der Waals surface area contributed by atoms with Gasteiger partial charge in [-0.25, -0.2) is 22.5 Å². The third kappa shape index (κ3) is 4.30. The largest absolute Gasteiger partial charge is 0.476 e. The zero-order valence-corrected chi connectivity index (χ0v) is 14.2. The molecule has 1 atom stereocenters. The van der Waals surface area contributed by atoms with Crippen LogP contribution in [0.3, 0.4) is 0 Å². The summed E-state index contributed by atoms with van der Waals surface area (Å²) in [6.45, 7) is 4.95. The van der Waals surface area contributed by atoms with Crippen molar-refractivity contribution in [1.82, 2.24) is 14.3 Å². The van der Waals surface area contributed by atoms with Crippen molar-refractivity contribution in [3.05, 3.63) is 17.2 Å². The number of nitrogens with one attached hydrogen (secondary N) is 1. The summed E-state index contributed by atoms with van der Waals surface area (Å²) in [4.78, 5) is 18.2. The average Bonchev–Trinajstić information content (AvgIpc) is 2.90. The Balaban J connectivity index is 2.08. The molecule has 1 aliphatic rings. The highest BCUT2D eigenvalue weighted by Crippen LogP contribution is 2.27. The highest BCUT2D eigenvalue weighted by Gasteiger charge is 2.31. The smallest absolute Gasteiger partial charge is 0.356 e. The van der Waals surface area contributed by atoms with Gasteiger partial charge in [-0.2, -0.15) is 0 Å². The van der Waals surface area contributed by atoms with Gasteiger partial charge in [0.25, 0.3) is 0 Å². The third-order valence-corrected chi connectivity index (χ3v) is 5.76. The number of piperidine rings is 1. The Labute approximate surface area is 135 Å². The van der Waals surface area contributed by atoms with E-state index in [0.29, 0.717) is 31.2 Å². The Morgan fingerprint density at radius 1 is 1.52 bits per heavy atom. The highest BCUT2D eigenvalue weighted by molar-refractivity contribution is 7.89. The summed E-state index contributed by atoms with van der Waals surface area (Å²) in [5.41, 5.74) is 0.486. The minimum absolute atomic E-state index is 0.00340. The van der Waals surface area contributed by atoms with Crippen LogP contribution in [0.1, 0.15) is 47.7 Å². The van der Waals surface area contributed by atoms with Gasteiger partial charge in [-0.1, -0.05) is 0 Å². The standard InChI is InChI=1S/C14H23N3O5S/c1-3-22-7-8-23(20,21)17-6-4-5-11(9-17)13-15-10(2)12(16-13)14(18)19/h11H,3-9H2,1-2H3,(H,15,16)(H,18,19). The van der Waals surface area contributed by atoms with E-state index in [1.54, 1.807) is 6.92 Å². The van der Waals surface area contributed by atoms with Gasteiger partial charge in [0, 0.05) is 31.3 Å². The first kappa shape index (κ1) is 17.9. The zero-order valence-electron chi connectivity index (χ0n) is 13.4. The van der Waals surface area contributed by atoms with Gasteiger partial charge in [-0.15, -0.1) is 0 Å². The number of aromatic carboxylic acids is 1. The molecule has 1 aliphatic heterocycles. The molecule has 0 radical (unpaired) electrons. The molecule has 8 nitrogen and oxygen atoms in total. The maximum absolute atomic E-state index is 12.3. The second-order valence-electron chi connectivity index (χ2n) is 5.61. The molecule has 2 heterocycles. The van der Waals surface area contributed by atoms with Gasteiger partial charge in [-0.3, -0.25) is 0 Å². The maximum atomic E-state index is 12.3. The molecule has 0 spiro atoms. The summed E-state index contributed by atoms with van der Waals surface area (Å²) >= 11 is 0. The molecular weight excluding hydrogens is 322 g/mol. The van der Waals surface area contributed by atoms with Crippen molar-refractivity contribution < 1.29 is 23.1 Å². The van der Waals surface area contributed by atoms with Crippen molar-refractivity contribution in [1.29, 1.82) is 0 Å². The molecule has 1 saturated heterocycles. The maximum Gasteiger partial charge on any atom is 0.356 e. The molecule has 2 N–H and O–H groups in total. The van der Waals surface area contributed by atoms with Gasteiger partial charge >= 0.3 is 5.97 Å². The summed E-state index contributed by atoms with van der Waals surface area (Å²) in [7, 11) is -3.37. The Morgan fingerprint density at radius 3 is 2.87 bits per heavy atom. The minimum atomic E-state index is -3.37. The molecule has 9 heteroatoms. The number of imidazole rings is 1. The predicted octanol–water partition coefficient (Wildman–Crippen LogP) is 0.962. The Bertz CT molecular complexity index is 655. The SMILES string of the molecule is CCOCCS(=O)(=O)N1CCCC(c2nc(C(=O)O)c(C)[nH]2)C1. The van der Waals surface area contributed by atoms with Crippen molar-refractivity contribution >= 4 is 16.0 Å². The lowest BCUT2D eigenvalue weighted by molar-refractivity contribution is 0.0690. The van der Waals surface area contributed by atoms with Crippen LogP contribution in [-0.4, -0.2) is 65.8 Å². The van der Waals surface area contributed by atoms with Crippen LogP contribution in [0.2, 0.25) is 0 Å². The molecule has 23 heavy (non-hydrogen) atoms. The number of rotatable bonds is 7. The van der Waals surface area contributed by atoms with Gasteiger partial charge in [-0.05, 0) is 26.7 Å². The van der Waals surface area contributed by atoms with Crippen LogP contribution in [0, 0.1) is 6.92 Å². The van der Waals surface area contributed by atoms with E-state index >= 15 is 0 Å². The molecule has 1 aromatic rings. The predicted molar refractivity (Wildman–Crippen MR) is 84.1 cm³/mol. The van der Waals surface area contributed by atoms with Crippen molar-refractivity contribution in [2.75, 3.05) is 32.1 Å². The first-order valence-electron chi connectivity index (χ1n) is 7.70. The number of aromatic amines is 1. The highest BCUT2D eigenvalue weighted by atomic mass is 32.2. The van der Waals surface area contributed by atoms with Crippen LogP contribution in [0.15, 0.2) is 0 Å². The molecule has 0 aliphatic carbocycles. The van der Waals surface area contributed by atoms with Crippen molar-refractivity contribution in [3.63, 3.8) is 0 Å². The fourth-order valence-corrected chi connectivity index (χ4v) is 4.14. The van der Waals surface area contributed by atoms with E-state index in [1.807, 2.05) is 6.92 Å². The van der Waals surface area contributed by atoms with E-state index in [1.165, 1.54) is 4.31 Å². The van der Waals surface area contributed by atoms with Crippen LogP contribution in [0.5, 0.6) is 0 Å². The van der Waals surface area contributed by atoms with Crippen LogP contribution < -0.4 is 0 Å². The fraction of sp³-hybridized carbons (Fsp3) is 0.714. The van der Waals surface area contributed by atoms with E-state index in [2.05, 4.69) is 9.97 Å². The molecule has 1 unspecified atom stereocenters. The van der Waals surface area contributed by atoms with Crippen LogP contribution in [0.4, 0.5) is 0 Å². The topological polar surface area (TPSA) is 113 Å². The van der Waals surface area contributed by atoms with Crippen LogP contribution in [0.25, 0.3) is 0 Å². The summed E-state index contributed by atoms with van der Waals surface area (Å²) in [6, 6.07) is 0. The number of aromatic nitrogens is 2. The lowest BCUT2D eigenvalue weighted by Crippen LogP contribution is -2.41. The zero-order chi connectivity index (χ0) is 17.0. The summed E-state index contributed by atoms with van der Waals surface area (Å²) < 4.78 is 31.3. The van der Waals surface area contributed by atoms with Crippen molar-refractivity contribution in [3.8, 4) is 0 Å². The second-order valence-corrected chi connectivity index (χ2v) is 7.70. The molecule has 0 amide bonds.